The van der Waals surface area contributed by atoms with E-state index in [1.165, 1.54) is 22.5 Å². The van der Waals surface area contributed by atoms with Crippen molar-refractivity contribution in [3.05, 3.63) is 104 Å². The Morgan fingerprint density at radius 1 is 1.13 bits per heavy atom. The van der Waals surface area contributed by atoms with Gasteiger partial charge in [0.15, 0.2) is 6.10 Å². The van der Waals surface area contributed by atoms with Crippen LogP contribution >= 0.6 is 11.5 Å². The third-order valence-electron chi connectivity index (χ3n) is 7.53. The quantitative estimate of drug-likeness (QED) is 0.377. The van der Waals surface area contributed by atoms with E-state index in [1.807, 2.05) is 29.8 Å². The Kier molecular flexibility index (Phi) is 6.15. The number of halogens is 3. The number of aromatic amines is 1. The van der Waals surface area contributed by atoms with Crippen LogP contribution in [0.1, 0.15) is 52.7 Å². The molecule has 11 heteroatoms. The number of nitrogens with one attached hydrogen (secondary N) is 1. The van der Waals surface area contributed by atoms with E-state index in [1.54, 1.807) is 0 Å². The molecule has 7 nitrogen and oxygen atoms in total. The van der Waals surface area contributed by atoms with Gasteiger partial charge in [-0.15, -0.1) is 0 Å². The van der Waals surface area contributed by atoms with E-state index in [2.05, 4.69) is 15.4 Å². The normalized spacial score (nSPS) is 17.0. The Bertz CT molecular complexity index is 1610. The number of H-pyrrole nitrogens is 1. The summed E-state index contributed by atoms with van der Waals surface area (Å²) in [6.45, 7) is 0.103. The monoisotopic (exact) mass is 552 g/mol. The number of carbonyl (C=O) groups excluding carboxylic acids is 1. The first-order valence-electron chi connectivity index (χ1n) is 12.4. The molecule has 0 radical (unpaired) electrons. The topological polar surface area (TPSA) is 99.2 Å². The zero-order valence-electron chi connectivity index (χ0n) is 20.5. The third-order valence-corrected chi connectivity index (χ3v) is 8.11. The second-order valence-corrected chi connectivity index (χ2v) is 10.6. The molecule has 1 saturated carbocycles. The molecule has 2 N–H and O–H groups in total. The summed E-state index contributed by atoms with van der Waals surface area (Å²) >= 11 is 1.38. The molecule has 39 heavy (non-hydrogen) atoms. The minimum atomic E-state index is -4.60. The van der Waals surface area contributed by atoms with Crippen LogP contribution in [0.15, 0.2) is 64.9 Å². The summed E-state index contributed by atoms with van der Waals surface area (Å²) in [4.78, 5) is 35.2. The number of alkyl halides is 3. The predicted molar refractivity (Wildman–Crippen MR) is 138 cm³/mol. The first kappa shape index (κ1) is 25.4. The van der Waals surface area contributed by atoms with Crippen molar-refractivity contribution >= 4 is 17.4 Å². The summed E-state index contributed by atoms with van der Waals surface area (Å²) in [5, 5.41) is 12.5. The molecular formula is C28H23F3N4O3S. The summed E-state index contributed by atoms with van der Waals surface area (Å²) in [5.41, 5.74) is 2.20. The van der Waals surface area contributed by atoms with Gasteiger partial charge < -0.3 is 15.0 Å². The van der Waals surface area contributed by atoms with E-state index in [4.69, 9.17) is 4.98 Å². The fraction of sp³-hybridized carbons (Fsp3) is 0.286. The summed E-state index contributed by atoms with van der Waals surface area (Å²) in [6, 6.07) is 12.2. The second kappa shape index (κ2) is 9.42. The van der Waals surface area contributed by atoms with Gasteiger partial charge in [0, 0.05) is 30.1 Å². The average Bonchev–Trinajstić information content (AvgIpc) is 3.57. The fourth-order valence-electron chi connectivity index (χ4n) is 5.17. The molecule has 6 rings (SSSR count). The molecular weight excluding hydrogens is 529 g/mol. The summed E-state index contributed by atoms with van der Waals surface area (Å²) in [7, 11) is 0. The lowest BCUT2D eigenvalue weighted by Crippen LogP contribution is -2.42. The third kappa shape index (κ3) is 4.65. The molecule has 0 saturated heterocycles. The van der Waals surface area contributed by atoms with Gasteiger partial charge in [-0.3, -0.25) is 9.59 Å². The summed E-state index contributed by atoms with van der Waals surface area (Å²) < 4.78 is 43.4. The highest BCUT2D eigenvalue weighted by molar-refractivity contribution is 7.03. The number of aliphatic hydroxyl groups is 1. The highest BCUT2D eigenvalue weighted by Crippen LogP contribution is 2.52. The van der Waals surface area contributed by atoms with Gasteiger partial charge in [0.2, 0.25) is 0 Å². The number of rotatable bonds is 5. The molecule has 1 fully saturated rings. The maximum Gasteiger partial charge on any atom is 0.416 e. The minimum absolute atomic E-state index is 0.0829. The smallest absolute Gasteiger partial charge is 0.378 e. The maximum absolute atomic E-state index is 13.2. The Balaban J connectivity index is 1.24. The minimum Gasteiger partial charge on any atom is -0.378 e. The Hall–Kier alpha value is -3.83. The molecule has 0 unspecified atom stereocenters. The zero-order valence-corrected chi connectivity index (χ0v) is 21.4. The number of amides is 1. The lowest BCUT2D eigenvalue weighted by Gasteiger charge is -2.30. The molecule has 1 atom stereocenters. The molecule has 200 valence electrons. The number of nitrogens with zero attached hydrogens (tertiary/aromatic N) is 3. The van der Waals surface area contributed by atoms with Crippen molar-refractivity contribution in [3.8, 4) is 11.1 Å². The van der Waals surface area contributed by atoms with Gasteiger partial charge in [0.1, 0.15) is 5.82 Å². The number of carbonyl (C=O) groups is 1. The number of aromatic nitrogens is 3. The summed E-state index contributed by atoms with van der Waals surface area (Å²) in [5.74, 6) is -0.169. The van der Waals surface area contributed by atoms with E-state index in [-0.39, 0.29) is 29.6 Å². The standard InChI is InChI=1S/C28H23F3N4O3S/c29-28(30,31)20-6-2-4-17(12-20)23(36)25(38)35-10-7-22-21(14-35)24(37)34-26(33-22)27(8-9-27)19-5-1-3-16(11-19)18-13-32-39-15-18/h1-6,11-13,15,23,36H,7-10,14H2,(H,33,34,37)/t23-/m1/s1. The molecule has 2 aromatic heterocycles. The van der Waals surface area contributed by atoms with Crippen molar-refractivity contribution in [2.75, 3.05) is 6.54 Å². The molecule has 2 aliphatic rings. The molecule has 0 spiro atoms. The van der Waals surface area contributed by atoms with E-state index in [0.29, 0.717) is 23.5 Å². The highest BCUT2D eigenvalue weighted by atomic mass is 32.1. The van der Waals surface area contributed by atoms with E-state index in [9.17, 15) is 27.9 Å². The SMILES string of the molecule is O=C([C@H](O)c1cccc(C(F)(F)F)c1)N1CCc2nc(C3(c4cccc(-c5cnsc5)c4)CC3)[nH]c(=O)c2C1. The van der Waals surface area contributed by atoms with Crippen molar-refractivity contribution in [1.82, 2.24) is 19.2 Å². The van der Waals surface area contributed by atoms with Gasteiger partial charge in [-0.2, -0.15) is 13.2 Å². The van der Waals surface area contributed by atoms with Crippen LogP contribution in [0.25, 0.3) is 11.1 Å². The van der Waals surface area contributed by atoms with Crippen LogP contribution in [0.5, 0.6) is 0 Å². The van der Waals surface area contributed by atoms with Crippen LogP contribution in [0.4, 0.5) is 13.2 Å². The first-order chi connectivity index (χ1) is 18.7. The van der Waals surface area contributed by atoms with Crippen molar-refractivity contribution in [2.24, 2.45) is 0 Å². The van der Waals surface area contributed by atoms with Gasteiger partial charge in [0.05, 0.1) is 28.8 Å². The van der Waals surface area contributed by atoms with E-state index in [0.717, 1.165) is 47.7 Å². The molecule has 1 aliphatic carbocycles. The van der Waals surface area contributed by atoms with Crippen LogP contribution < -0.4 is 5.56 Å². The maximum atomic E-state index is 13.2. The molecule has 3 heterocycles. The molecule has 1 aliphatic heterocycles. The molecule has 0 bridgehead atoms. The highest BCUT2D eigenvalue weighted by Gasteiger charge is 2.49. The Labute approximate surface area is 225 Å². The largest absolute Gasteiger partial charge is 0.416 e. The lowest BCUT2D eigenvalue weighted by atomic mass is 9.92. The van der Waals surface area contributed by atoms with Gasteiger partial charge in [-0.25, -0.2) is 9.36 Å². The molecule has 1 amide bonds. The number of aliphatic hydroxyl groups excluding tert-OH is 1. The van der Waals surface area contributed by atoms with Gasteiger partial charge in [0.25, 0.3) is 11.5 Å². The van der Waals surface area contributed by atoms with Gasteiger partial charge >= 0.3 is 6.18 Å². The molecule has 2 aromatic carbocycles. The number of hydrogen-bond donors (Lipinski definition) is 2. The fourth-order valence-corrected chi connectivity index (χ4v) is 5.72. The average molecular weight is 553 g/mol. The van der Waals surface area contributed by atoms with Crippen molar-refractivity contribution in [2.45, 2.75) is 43.5 Å². The first-order valence-corrected chi connectivity index (χ1v) is 13.3. The van der Waals surface area contributed by atoms with Crippen molar-refractivity contribution in [1.29, 1.82) is 0 Å². The van der Waals surface area contributed by atoms with Crippen LogP contribution in [0, 0.1) is 0 Å². The van der Waals surface area contributed by atoms with E-state index >= 15 is 0 Å². The number of fused-ring (bicyclic) bond motifs is 1. The zero-order chi connectivity index (χ0) is 27.4. The lowest BCUT2D eigenvalue weighted by molar-refractivity contribution is -0.142. The summed E-state index contributed by atoms with van der Waals surface area (Å²) in [6.07, 6.45) is -2.58. The van der Waals surface area contributed by atoms with Gasteiger partial charge in [-0.1, -0.05) is 36.4 Å². The number of hydrogen-bond acceptors (Lipinski definition) is 6. The van der Waals surface area contributed by atoms with Crippen LogP contribution in [-0.2, 0) is 29.4 Å². The van der Waals surface area contributed by atoms with Crippen LogP contribution in [0.3, 0.4) is 0 Å². The Morgan fingerprint density at radius 2 is 1.92 bits per heavy atom. The van der Waals surface area contributed by atoms with Gasteiger partial charge in [-0.05, 0) is 53.2 Å². The van der Waals surface area contributed by atoms with Crippen LogP contribution in [-0.4, -0.2) is 36.8 Å². The predicted octanol–water partition coefficient (Wildman–Crippen LogP) is 4.61. The van der Waals surface area contributed by atoms with Crippen LogP contribution in [0.2, 0.25) is 0 Å². The van der Waals surface area contributed by atoms with E-state index < -0.39 is 23.8 Å². The Morgan fingerprint density at radius 3 is 2.64 bits per heavy atom. The van der Waals surface area contributed by atoms with Crippen molar-refractivity contribution in [3.63, 3.8) is 0 Å². The van der Waals surface area contributed by atoms with Crippen molar-refractivity contribution < 1.29 is 23.1 Å². The molecule has 4 aromatic rings. The number of benzene rings is 2. The second-order valence-electron chi connectivity index (χ2n) is 9.95.